The summed E-state index contributed by atoms with van der Waals surface area (Å²) in [5.41, 5.74) is 7.41. The van der Waals surface area contributed by atoms with Crippen LogP contribution in [0.4, 0.5) is 0 Å². The molecule has 0 unspecified atom stereocenters. The smallest absolute Gasteiger partial charge is 0.153 e. The molecule has 0 amide bonds. The highest BCUT2D eigenvalue weighted by Gasteiger charge is 2.03. The van der Waals surface area contributed by atoms with Crippen LogP contribution in [0.2, 0.25) is 0 Å². The minimum absolute atomic E-state index is 0.349. The van der Waals surface area contributed by atoms with E-state index in [0.717, 1.165) is 22.7 Å². The number of allylic oxidation sites excluding steroid dienone is 1. The summed E-state index contributed by atoms with van der Waals surface area (Å²) in [6, 6.07) is 20.4. The Balaban J connectivity index is 1.31. The minimum atomic E-state index is 0.349. The van der Waals surface area contributed by atoms with Crippen LogP contribution in [0.5, 0.6) is 17.2 Å². The van der Waals surface area contributed by atoms with Gasteiger partial charge in [0.25, 0.3) is 0 Å². The fourth-order valence-electron chi connectivity index (χ4n) is 2.84. The predicted molar refractivity (Wildman–Crippen MR) is 119 cm³/mol. The Morgan fingerprint density at radius 1 is 0.968 bits per heavy atom. The quantitative estimate of drug-likeness (QED) is 0.417. The normalized spacial score (nSPS) is 10.8. The lowest BCUT2D eigenvalue weighted by molar-refractivity contribution is 0.305. The molecule has 4 aromatic rings. The van der Waals surface area contributed by atoms with E-state index in [-0.39, 0.29) is 0 Å². The van der Waals surface area contributed by atoms with Gasteiger partial charge in [0.05, 0.1) is 5.71 Å². The second kappa shape index (κ2) is 9.41. The van der Waals surface area contributed by atoms with Crippen molar-refractivity contribution in [1.82, 2.24) is 14.8 Å². The zero-order valence-corrected chi connectivity index (χ0v) is 16.7. The van der Waals surface area contributed by atoms with Crippen LogP contribution in [0.15, 0.2) is 97.6 Å². The molecule has 2 heterocycles. The van der Waals surface area contributed by atoms with Crippen molar-refractivity contribution in [2.24, 2.45) is 5.73 Å². The highest BCUT2D eigenvalue weighted by atomic mass is 16.5. The maximum Gasteiger partial charge on any atom is 0.153 e. The number of hydrogen-bond donors (Lipinski definition) is 2. The number of ether oxygens (including phenoxy) is 2. The number of benzene rings is 2. The lowest BCUT2D eigenvalue weighted by Gasteiger charge is -2.09. The van der Waals surface area contributed by atoms with E-state index >= 15 is 0 Å². The average molecular weight is 411 g/mol. The summed E-state index contributed by atoms with van der Waals surface area (Å²) in [7, 11) is 0. The third-order valence-electron chi connectivity index (χ3n) is 4.44. The zero-order chi connectivity index (χ0) is 21.5. The van der Waals surface area contributed by atoms with E-state index < -0.39 is 0 Å². The Labute approximate surface area is 179 Å². The van der Waals surface area contributed by atoms with E-state index in [4.69, 9.17) is 20.6 Å². The molecule has 0 bridgehead atoms. The second-order valence-electron chi connectivity index (χ2n) is 6.63. The number of hydrogen-bond acceptors (Lipinski definition) is 6. The maximum absolute atomic E-state index is 7.86. The summed E-state index contributed by atoms with van der Waals surface area (Å²) in [4.78, 5) is 4.40. The number of aromatic nitrogens is 3. The van der Waals surface area contributed by atoms with Crippen molar-refractivity contribution in [2.45, 2.75) is 6.61 Å². The van der Waals surface area contributed by atoms with E-state index in [1.807, 2.05) is 72.9 Å². The van der Waals surface area contributed by atoms with E-state index in [0.29, 0.717) is 23.8 Å². The van der Waals surface area contributed by atoms with Crippen LogP contribution in [-0.4, -0.2) is 20.5 Å². The first kappa shape index (κ1) is 19.9. The summed E-state index contributed by atoms with van der Waals surface area (Å²) in [6.45, 7) is 0.414. The van der Waals surface area contributed by atoms with Gasteiger partial charge < -0.3 is 20.6 Å². The summed E-state index contributed by atoms with van der Waals surface area (Å²) in [6.07, 6.45) is 8.23. The molecular formula is C24H21N5O2. The predicted octanol–water partition coefficient (Wildman–Crippen LogP) is 4.48. The topological polar surface area (TPSA) is 99.0 Å². The highest BCUT2D eigenvalue weighted by Crippen LogP contribution is 2.24. The molecule has 7 heteroatoms. The number of nitrogens with one attached hydrogen (secondary N) is 1. The van der Waals surface area contributed by atoms with Crippen molar-refractivity contribution in [2.75, 3.05) is 0 Å². The fraction of sp³-hybridized carbons (Fsp3) is 0.0417. The molecular weight excluding hydrogens is 390 g/mol. The lowest BCUT2D eigenvalue weighted by Crippen LogP contribution is -2.00. The molecule has 2 aromatic carbocycles. The molecule has 2 aromatic heterocycles. The fourth-order valence-corrected chi connectivity index (χ4v) is 2.84. The molecule has 31 heavy (non-hydrogen) atoms. The van der Waals surface area contributed by atoms with E-state index in [1.165, 1.54) is 6.20 Å². The van der Waals surface area contributed by atoms with Gasteiger partial charge in [0, 0.05) is 24.2 Å². The van der Waals surface area contributed by atoms with Gasteiger partial charge in [0.15, 0.2) is 5.82 Å². The van der Waals surface area contributed by atoms with Gasteiger partial charge in [-0.3, -0.25) is 0 Å². The van der Waals surface area contributed by atoms with Crippen molar-refractivity contribution in [3.8, 4) is 23.1 Å². The summed E-state index contributed by atoms with van der Waals surface area (Å²) < 4.78 is 13.4. The lowest BCUT2D eigenvalue weighted by atomic mass is 10.1. The van der Waals surface area contributed by atoms with Gasteiger partial charge in [-0.2, -0.15) is 5.10 Å². The molecule has 0 radical (unpaired) electrons. The number of rotatable bonds is 8. The summed E-state index contributed by atoms with van der Waals surface area (Å²) in [5.74, 6) is 2.88. The van der Waals surface area contributed by atoms with Crippen LogP contribution in [0, 0.1) is 5.41 Å². The van der Waals surface area contributed by atoms with Gasteiger partial charge in [0.2, 0.25) is 0 Å². The Bertz CT molecular complexity index is 1150. The van der Waals surface area contributed by atoms with E-state index in [1.54, 1.807) is 23.2 Å². The van der Waals surface area contributed by atoms with Crippen LogP contribution >= 0.6 is 0 Å². The summed E-state index contributed by atoms with van der Waals surface area (Å²) in [5, 5.41) is 12.0. The SMILES string of the molecule is N=C(C=CN)c1ccc(Oc2ccc(OCc3ccc(-n4cccn4)nc3)cc2)cc1. The van der Waals surface area contributed by atoms with Gasteiger partial charge in [0.1, 0.15) is 23.9 Å². The number of nitrogens with two attached hydrogens (primary N) is 1. The minimum Gasteiger partial charge on any atom is -0.489 e. The largest absolute Gasteiger partial charge is 0.489 e. The molecule has 4 rings (SSSR count). The van der Waals surface area contributed by atoms with Gasteiger partial charge in [-0.15, -0.1) is 0 Å². The number of nitrogens with zero attached hydrogens (tertiary/aromatic N) is 3. The van der Waals surface area contributed by atoms with Gasteiger partial charge >= 0.3 is 0 Å². The van der Waals surface area contributed by atoms with Gasteiger partial charge in [-0.1, -0.05) is 6.07 Å². The maximum atomic E-state index is 7.86. The standard InChI is InChI=1S/C24H21N5O2/c25-13-12-23(26)19-3-5-21(6-4-19)31-22-9-7-20(8-10-22)30-17-18-2-11-24(27-16-18)29-15-1-14-28-29/h1-16,26H,17,25H2. The van der Waals surface area contributed by atoms with Crippen LogP contribution in [0.3, 0.4) is 0 Å². The van der Waals surface area contributed by atoms with E-state index in [9.17, 15) is 0 Å². The zero-order valence-electron chi connectivity index (χ0n) is 16.7. The molecule has 7 nitrogen and oxygen atoms in total. The Kier molecular flexibility index (Phi) is 6.04. The molecule has 0 atom stereocenters. The summed E-state index contributed by atoms with van der Waals surface area (Å²) >= 11 is 0. The van der Waals surface area contributed by atoms with Crippen molar-refractivity contribution < 1.29 is 9.47 Å². The molecule has 154 valence electrons. The van der Waals surface area contributed by atoms with Crippen LogP contribution in [-0.2, 0) is 6.61 Å². The Hall–Kier alpha value is -4.39. The monoisotopic (exact) mass is 411 g/mol. The van der Waals surface area contributed by atoms with Crippen LogP contribution in [0.1, 0.15) is 11.1 Å². The molecule has 0 aliphatic carbocycles. The molecule has 0 aliphatic heterocycles. The Morgan fingerprint density at radius 3 is 2.29 bits per heavy atom. The average Bonchev–Trinajstić information content (AvgIpc) is 3.35. The third kappa shape index (κ3) is 5.16. The first-order chi connectivity index (χ1) is 15.2. The molecule has 0 fully saturated rings. The molecule has 0 saturated heterocycles. The number of pyridine rings is 1. The second-order valence-corrected chi connectivity index (χ2v) is 6.63. The highest BCUT2D eigenvalue weighted by molar-refractivity contribution is 6.06. The van der Waals surface area contributed by atoms with Crippen molar-refractivity contribution >= 4 is 5.71 Å². The van der Waals surface area contributed by atoms with Crippen molar-refractivity contribution in [1.29, 1.82) is 5.41 Å². The van der Waals surface area contributed by atoms with Crippen LogP contribution in [0.25, 0.3) is 5.82 Å². The van der Waals surface area contributed by atoms with Crippen molar-refractivity contribution in [3.05, 3.63) is 109 Å². The molecule has 0 saturated carbocycles. The molecule has 0 aliphatic rings. The molecule has 3 N–H and O–H groups in total. The van der Waals surface area contributed by atoms with Gasteiger partial charge in [-0.05, 0) is 78.5 Å². The first-order valence-electron chi connectivity index (χ1n) is 9.64. The van der Waals surface area contributed by atoms with Crippen molar-refractivity contribution in [3.63, 3.8) is 0 Å². The van der Waals surface area contributed by atoms with Gasteiger partial charge in [-0.25, -0.2) is 9.67 Å². The molecule has 0 spiro atoms. The first-order valence-corrected chi connectivity index (χ1v) is 9.64. The van der Waals surface area contributed by atoms with Crippen LogP contribution < -0.4 is 15.2 Å². The van der Waals surface area contributed by atoms with E-state index in [2.05, 4.69) is 10.1 Å². The Morgan fingerprint density at radius 2 is 1.68 bits per heavy atom. The third-order valence-corrected chi connectivity index (χ3v) is 4.44.